The maximum atomic E-state index is 9.19. The van der Waals surface area contributed by atoms with Crippen LogP contribution in [0.4, 0.5) is 0 Å². The van der Waals surface area contributed by atoms with Gasteiger partial charge in [0.1, 0.15) is 19.0 Å². The predicted molar refractivity (Wildman–Crippen MR) is 70.6 cm³/mol. The lowest BCUT2D eigenvalue weighted by Crippen LogP contribution is -2.15. The zero-order valence-corrected chi connectivity index (χ0v) is 10.6. The monoisotopic (exact) mass is 263 g/mol. The van der Waals surface area contributed by atoms with Crippen molar-refractivity contribution in [1.29, 1.82) is 0 Å². The van der Waals surface area contributed by atoms with Crippen molar-refractivity contribution in [3.63, 3.8) is 0 Å². The molecule has 6 nitrogen and oxygen atoms in total. The topological polar surface area (TPSA) is 82.5 Å². The molecular formula is C13H17N3O3. The van der Waals surface area contributed by atoms with E-state index in [-0.39, 0.29) is 6.61 Å². The minimum Gasteiger partial charge on any atom is -0.486 e. The van der Waals surface area contributed by atoms with E-state index in [1.807, 2.05) is 16.7 Å². The number of imidazole rings is 1. The van der Waals surface area contributed by atoms with Crippen LogP contribution in [0, 0.1) is 0 Å². The second-order valence-corrected chi connectivity index (χ2v) is 4.43. The fourth-order valence-electron chi connectivity index (χ4n) is 2.38. The third kappa shape index (κ3) is 2.13. The van der Waals surface area contributed by atoms with Crippen molar-refractivity contribution in [2.45, 2.75) is 13.0 Å². The molecule has 0 amide bonds. The maximum Gasteiger partial charge on any atom is 0.163 e. The van der Waals surface area contributed by atoms with Crippen LogP contribution in [0.15, 0.2) is 12.1 Å². The standard InChI is InChI=1S/C13H17N3O3/c14-2-1-13-15-9-7-11-12(19-6-5-18-11)8-10(9)16(13)3-4-17/h7-8,17H,1-6,14H2. The summed E-state index contributed by atoms with van der Waals surface area (Å²) < 4.78 is 13.1. The number of hydrogen-bond acceptors (Lipinski definition) is 5. The van der Waals surface area contributed by atoms with Gasteiger partial charge in [-0.1, -0.05) is 0 Å². The molecule has 3 rings (SSSR count). The van der Waals surface area contributed by atoms with Crippen LogP contribution in [-0.4, -0.2) is 41.0 Å². The van der Waals surface area contributed by atoms with Gasteiger partial charge in [0.2, 0.25) is 0 Å². The first kappa shape index (κ1) is 12.3. The first-order valence-corrected chi connectivity index (χ1v) is 6.43. The largest absolute Gasteiger partial charge is 0.486 e. The molecule has 3 N–H and O–H groups in total. The van der Waals surface area contributed by atoms with Gasteiger partial charge in [0.25, 0.3) is 0 Å². The molecule has 19 heavy (non-hydrogen) atoms. The van der Waals surface area contributed by atoms with E-state index in [1.54, 1.807) is 0 Å². The van der Waals surface area contributed by atoms with Crippen LogP contribution in [0.25, 0.3) is 11.0 Å². The van der Waals surface area contributed by atoms with E-state index in [4.69, 9.17) is 15.2 Å². The Labute approximate surface area is 110 Å². The lowest BCUT2D eigenvalue weighted by molar-refractivity contribution is 0.172. The Morgan fingerprint density at radius 2 is 2.00 bits per heavy atom. The number of ether oxygens (including phenoxy) is 2. The molecule has 1 aliphatic heterocycles. The number of fused-ring (bicyclic) bond motifs is 2. The lowest BCUT2D eigenvalue weighted by atomic mass is 10.2. The molecule has 0 radical (unpaired) electrons. The highest BCUT2D eigenvalue weighted by Crippen LogP contribution is 2.34. The first-order valence-electron chi connectivity index (χ1n) is 6.43. The molecule has 0 fully saturated rings. The highest BCUT2D eigenvalue weighted by Gasteiger charge is 2.17. The molecule has 0 unspecified atom stereocenters. The number of benzene rings is 1. The van der Waals surface area contributed by atoms with E-state index in [0.717, 1.165) is 28.4 Å². The number of aliphatic hydroxyl groups is 1. The van der Waals surface area contributed by atoms with E-state index in [2.05, 4.69) is 4.98 Å². The molecule has 0 spiro atoms. The van der Waals surface area contributed by atoms with E-state index in [1.165, 1.54) is 0 Å². The molecular weight excluding hydrogens is 246 g/mol. The molecule has 0 atom stereocenters. The van der Waals surface area contributed by atoms with Gasteiger partial charge in [0.15, 0.2) is 11.5 Å². The summed E-state index contributed by atoms with van der Waals surface area (Å²) in [6.07, 6.45) is 0.682. The summed E-state index contributed by atoms with van der Waals surface area (Å²) in [4.78, 5) is 4.57. The second-order valence-electron chi connectivity index (χ2n) is 4.43. The Balaban J connectivity index is 2.14. The number of aliphatic hydroxyl groups excluding tert-OH is 1. The van der Waals surface area contributed by atoms with Crippen LogP contribution in [0.1, 0.15) is 5.82 Å². The molecule has 0 aliphatic carbocycles. The van der Waals surface area contributed by atoms with Crippen LogP contribution in [0.2, 0.25) is 0 Å². The van der Waals surface area contributed by atoms with Crippen molar-refractivity contribution >= 4 is 11.0 Å². The average Bonchev–Trinajstić information content (AvgIpc) is 2.75. The zero-order chi connectivity index (χ0) is 13.2. The van der Waals surface area contributed by atoms with Crippen molar-refractivity contribution in [3.8, 4) is 11.5 Å². The molecule has 2 heterocycles. The van der Waals surface area contributed by atoms with Crippen molar-refractivity contribution in [2.75, 3.05) is 26.4 Å². The highest BCUT2D eigenvalue weighted by atomic mass is 16.6. The lowest BCUT2D eigenvalue weighted by Gasteiger charge is -2.18. The molecule has 6 heteroatoms. The summed E-state index contributed by atoms with van der Waals surface area (Å²) >= 11 is 0. The van der Waals surface area contributed by atoms with Crippen LogP contribution >= 0.6 is 0 Å². The normalized spacial score (nSPS) is 14.0. The minimum absolute atomic E-state index is 0.0669. The fraction of sp³-hybridized carbons (Fsp3) is 0.462. The second kappa shape index (κ2) is 5.07. The number of aromatic nitrogens is 2. The van der Waals surface area contributed by atoms with Crippen molar-refractivity contribution in [1.82, 2.24) is 9.55 Å². The summed E-state index contributed by atoms with van der Waals surface area (Å²) in [5, 5.41) is 9.19. The van der Waals surface area contributed by atoms with Crippen molar-refractivity contribution in [3.05, 3.63) is 18.0 Å². The third-order valence-electron chi connectivity index (χ3n) is 3.18. The van der Waals surface area contributed by atoms with Crippen molar-refractivity contribution in [2.24, 2.45) is 5.73 Å². The van der Waals surface area contributed by atoms with Crippen LogP contribution < -0.4 is 15.2 Å². The zero-order valence-electron chi connectivity index (χ0n) is 10.6. The van der Waals surface area contributed by atoms with E-state index in [0.29, 0.717) is 32.7 Å². The average molecular weight is 263 g/mol. The van der Waals surface area contributed by atoms with Crippen LogP contribution in [0.3, 0.4) is 0 Å². The number of rotatable bonds is 4. The molecule has 0 saturated heterocycles. The molecule has 1 aromatic heterocycles. The molecule has 0 saturated carbocycles. The fourth-order valence-corrected chi connectivity index (χ4v) is 2.38. The summed E-state index contributed by atoms with van der Waals surface area (Å²) in [5.41, 5.74) is 7.40. The summed E-state index contributed by atoms with van der Waals surface area (Å²) in [7, 11) is 0. The highest BCUT2D eigenvalue weighted by molar-refractivity contribution is 5.80. The predicted octanol–water partition coefficient (Wildman–Crippen LogP) is 0.301. The van der Waals surface area contributed by atoms with Crippen molar-refractivity contribution < 1.29 is 14.6 Å². The number of nitrogens with zero attached hydrogens (tertiary/aromatic N) is 2. The molecule has 1 aliphatic rings. The Bertz CT molecular complexity index is 594. The van der Waals surface area contributed by atoms with Gasteiger partial charge < -0.3 is 24.9 Å². The summed E-state index contributed by atoms with van der Waals surface area (Å²) in [6.45, 7) is 2.22. The quantitative estimate of drug-likeness (QED) is 0.829. The SMILES string of the molecule is NCCc1nc2cc3c(cc2n1CCO)OCCO3. The number of hydrogen-bond donors (Lipinski definition) is 2. The summed E-state index contributed by atoms with van der Waals surface area (Å²) in [5.74, 6) is 2.35. The van der Waals surface area contributed by atoms with Gasteiger partial charge in [-0.05, 0) is 6.54 Å². The van der Waals surface area contributed by atoms with Crippen LogP contribution in [-0.2, 0) is 13.0 Å². The van der Waals surface area contributed by atoms with Gasteiger partial charge in [-0.15, -0.1) is 0 Å². The van der Waals surface area contributed by atoms with Gasteiger partial charge in [0.05, 0.1) is 17.6 Å². The Hall–Kier alpha value is -1.79. The van der Waals surface area contributed by atoms with Gasteiger partial charge in [-0.3, -0.25) is 0 Å². The minimum atomic E-state index is 0.0669. The molecule has 0 bridgehead atoms. The Morgan fingerprint density at radius 1 is 1.26 bits per heavy atom. The smallest absolute Gasteiger partial charge is 0.163 e. The van der Waals surface area contributed by atoms with Gasteiger partial charge in [-0.2, -0.15) is 0 Å². The first-order chi connectivity index (χ1) is 9.33. The van der Waals surface area contributed by atoms with E-state index in [9.17, 15) is 5.11 Å². The third-order valence-corrected chi connectivity index (χ3v) is 3.18. The maximum absolute atomic E-state index is 9.19. The molecule has 102 valence electrons. The van der Waals surface area contributed by atoms with Crippen LogP contribution in [0.5, 0.6) is 11.5 Å². The van der Waals surface area contributed by atoms with Gasteiger partial charge >= 0.3 is 0 Å². The Kier molecular flexibility index (Phi) is 3.27. The van der Waals surface area contributed by atoms with E-state index < -0.39 is 0 Å². The van der Waals surface area contributed by atoms with Gasteiger partial charge in [0, 0.05) is 25.1 Å². The van der Waals surface area contributed by atoms with Gasteiger partial charge in [-0.25, -0.2) is 4.98 Å². The van der Waals surface area contributed by atoms with E-state index >= 15 is 0 Å². The Morgan fingerprint density at radius 3 is 2.68 bits per heavy atom. The summed E-state index contributed by atoms with van der Waals surface area (Å²) in [6, 6.07) is 3.81. The molecule has 2 aromatic rings. The number of nitrogens with two attached hydrogens (primary N) is 1. The molecule has 1 aromatic carbocycles.